The monoisotopic (exact) mass is 434 g/mol. The van der Waals surface area contributed by atoms with Crippen LogP contribution in [0.25, 0.3) is 0 Å². The molecular weight excluding hydrogens is 394 g/mol. The minimum atomic E-state index is 0. The molecule has 0 heterocycles. The van der Waals surface area contributed by atoms with E-state index in [1.165, 1.54) is 16.8 Å². The molecule has 32 heavy (non-hydrogen) atoms. The topological polar surface area (TPSA) is 38.7 Å². The van der Waals surface area contributed by atoms with E-state index in [0.717, 1.165) is 35.3 Å². The van der Waals surface area contributed by atoms with Crippen LogP contribution in [0.5, 0.6) is 5.75 Å². The van der Waals surface area contributed by atoms with E-state index in [-0.39, 0.29) is 7.21 Å². The van der Waals surface area contributed by atoms with Crippen molar-refractivity contribution in [2.75, 3.05) is 14.2 Å². The van der Waals surface area contributed by atoms with Crippen LogP contribution in [0.15, 0.2) is 66.2 Å². The van der Waals surface area contributed by atoms with Crippen LogP contribution in [0.4, 0.5) is 0 Å². The van der Waals surface area contributed by atoms with Gasteiger partial charge in [0.2, 0.25) is 0 Å². The Kier molecular flexibility index (Phi) is 12.0. The summed E-state index contributed by atoms with van der Waals surface area (Å²) < 4.78 is 5.23. The van der Waals surface area contributed by atoms with E-state index in [9.17, 15) is 4.79 Å². The van der Waals surface area contributed by atoms with Gasteiger partial charge >= 0.3 is 0 Å². The van der Waals surface area contributed by atoms with Crippen LogP contribution in [0, 0.1) is 13.3 Å². The van der Waals surface area contributed by atoms with Gasteiger partial charge in [-0.15, -0.1) is 6.58 Å². The van der Waals surface area contributed by atoms with Crippen molar-refractivity contribution in [2.45, 2.75) is 53.4 Å². The molecule has 3 nitrogen and oxygen atoms in total. The zero-order valence-electron chi connectivity index (χ0n) is 20.7. The second-order valence-electron chi connectivity index (χ2n) is 7.32. The molecule has 0 aliphatic heterocycles. The molecule has 0 bridgehead atoms. The molecule has 0 atom stereocenters. The number of ether oxygens (including phenoxy) is 1. The molecule has 173 valence electrons. The zero-order valence-corrected chi connectivity index (χ0v) is 20.7. The van der Waals surface area contributed by atoms with Gasteiger partial charge in [0.15, 0.2) is 5.78 Å². The highest BCUT2D eigenvalue weighted by molar-refractivity contribution is 6.00. The van der Waals surface area contributed by atoms with Crippen LogP contribution in [0.3, 0.4) is 0 Å². The first-order chi connectivity index (χ1) is 15.4. The summed E-state index contributed by atoms with van der Waals surface area (Å²) in [5.41, 5.74) is 6.63. The zero-order chi connectivity index (χ0) is 24.1. The van der Waals surface area contributed by atoms with E-state index in [0.29, 0.717) is 5.92 Å². The van der Waals surface area contributed by atoms with Gasteiger partial charge in [0.05, 0.1) is 7.11 Å². The average Bonchev–Trinajstić information content (AvgIpc) is 3.65. The Balaban J connectivity index is 0.000000561. The summed E-state index contributed by atoms with van der Waals surface area (Å²) in [7, 11) is 3.55. The summed E-state index contributed by atoms with van der Waals surface area (Å²) in [4.78, 5) is 15.6. The lowest BCUT2D eigenvalue weighted by molar-refractivity contribution is 0.101. The van der Waals surface area contributed by atoms with Gasteiger partial charge in [-0.25, -0.2) is 0 Å². The second-order valence-corrected chi connectivity index (χ2v) is 7.32. The first-order valence-corrected chi connectivity index (χ1v) is 11.3. The van der Waals surface area contributed by atoms with Crippen LogP contribution in [-0.2, 0) is 0 Å². The number of carbonyl (C=O) groups is 1. The third-order valence-corrected chi connectivity index (χ3v) is 5.02. The van der Waals surface area contributed by atoms with Crippen molar-refractivity contribution < 1.29 is 11.0 Å². The normalized spacial score (nSPS) is 12.2. The number of carbonyl (C=O) groups excluding carboxylic acids is 1. The standard InChI is InChI=1S/C14H13O.C13H19NO.C2H6.H2/c1-3-4-13-9-12(10(2)15)7-8-14(13)11-5-6-11;1-5-6-12(14-3)11-7-8-13(15-4)10(2)9-11;1-2;/h3-9,11H,1H2,2H3;7-9H,5-6H2,1-4H3;1-2H3;1H. The van der Waals surface area contributed by atoms with Crippen molar-refractivity contribution in [3.63, 3.8) is 0 Å². The number of benzene rings is 2. The van der Waals surface area contributed by atoms with Crippen LogP contribution < -0.4 is 4.74 Å². The Morgan fingerprint density at radius 3 is 2.28 bits per heavy atom. The van der Waals surface area contributed by atoms with Gasteiger partial charge in [-0.05, 0) is 66.8 Å². The fraction of sp³-hybridized carbons (Fsp3) is 0.345. The first kappa shape index (κ1) is 27.1. The van der Waals surface area contributed by atoms with Gasteiger partial charge in [-0.2, -0.15) is 0 Å². The number of aryl methyl sites for hydroxylation is 1. The van der Waals surface area contributed by atoms with Crippen molar-refractivity contribution in [2.24, 2.45) is 4.99 Å². The third-order valence-electron chi connectivity index (χ3n) is 5.02. The largest absolute Gasteiger partial charge is 0.496 e. The number of hydrogen-bond acceptors (Lipinski definition) is 3. The minimum Gasteiger partial charge on any atom is -0.496 e. The number of rotatable bonds is 8. The van der Waals surface area contributed by atoms with Crippen LogP contribution >= 0.6 is 0 Å². The Bertz CT molecular complexity index is 954. The highest BCUT2D eigenvalue weighted by Gasteiger charge is 2.17. The summed E-state index contributed by atoms with van der Waals surface area (Å²) in [6.45, 7) is 13.5. The van der Waals surface area contributed by atoms with E-state index >= 15 is 0 Å². The molecule has 0 saturated carbocycles. The highest BCUT2D eigenvalue weighted by Crippen LogP contribution is 2.33. The van der Waals surface area contributed by atoms with Crippen LogP contribution in [0.1, 0.15) is 80.5 Å². The van der Waals surface area contributed by atoms with Crippen molar-refractivity contribution >= 4 is 11.5 Å². The Morgan fingerprint density at radius 2 is 1.81 bits per heavy atom. The molecule has 0 unspecified atom stereocenters. The summed E-state index contributed by atoms with van der Waals surface area (Å²) >= 11 is 0. The molecule has 0 saturated heterocycles. The Hall–Kier alpha value is -2.94. The second kappa shape index (κ2) is 14.2. The van der Waals surface area contributed by atoms with Crippen molar-refractivity contribution in [3.8, 4) is 5.75 Å². The Morgan fingerprint density at radius 1 is 1.16 bits per heavy atom. The summed E-state index contributed by atoms with van der Waals surface area (Å²) in [5, 5.41) is 0. The van der Waals surface area contributed by atoms with Gasteiger partial charge in [-0.3, -0.25) is 9.79 Å². The molecule has 3 rings (SSSR count). The molecule has 0 fully saturated rings. The SMILES string of the molecule is C=C[CH]c1cc(C(C)=O)ccc1C1C=C1.CC.CCCC(=NC)c1ccc(OC)c(C)c1.[HH]. The number of aliphatic imine (C=N–C) groups is 1. The molecule has 1 aliphatic carbocycles. The lowest BCUT2D eigenvalue weighted by atomic mass is 9.96. The fourth-order valence-electron chi connectivity index (χ4n) is 3.31. The van der Waals surface area contributed by atoms with Gasteiger partial charge in [0, 0.05) is 32.1 Å². The number of allylic oxidation sites excluding steroid dienone is 3. The number of hydrogen-bond donors (Lipinski definition) is 0. The fourth-order valence-corrected chi connectivity index (χ4v) is 3.31. The molecular formula is C29H40NO2. The minimum absolute atomic E-state index is 0. The number of Topliss-reactive ketones (excluding diaryl/α,β-unsaturated/α-hetero) is 1. The molecule has 2 aromatic rings. The Labute approximate surface area is 196 Å². The van der Waals surface area contributed by atoms with Gasteiger partial charge in [0.25, 0.3) is 0 Å². The molecule has 0 aromatic heterocycles. The molecule has 0 amide bonds. The maximum absolute atomic E-state index is 11.2. The summed E-state index contributed by atoms with van der Waals surface area (Å²) in [5.74, 6) is 1.49. The lowest BCUT2D eigenvalue weighted by Crippen LogP contribution is -2.01. The number of methoxy groups -OCH3 is 1. The molecule has 1 aliphatic rings. The summed E-state index contributed by atoms with van der Waals surface area (Å²) in [6.07, 6.45) is 10.1. The molecule has 0 spiro atoms. The van der Waals surface area contributed by atoms with Gasteiger partial charge < -0.3 is 4.74 Å². The van der Waals surface area contributed by atoms with Gasteiger partial charge in [-0.1, -0.05) is 57.6 Å². The maximum atomic E-state index is 11.2. The van der Waals surface area contributed by atoms with E-state index < -0.39 is 0 Å². The molecule has 2 aromatic carbocycles. The number of ketones is 1. The van der Waals surface area contributed by atoms with Crippen molar-refractivity contribution in [1.29, 1.82) is 0 Å². The first-order valence-electron chi connectivity index (χ1n) is 11.3. The maximum Gasteiger partial charge on any atom is 0.159 e. The van der Waals surface area contributed by atoms with E-state index in [4.69, 9.17) is 4.74 Å². The van der Waals surface area contributed by atoms with E-state index in [1.54, 1.807) is 20.1 Å². The average molecular weight is 435 g/mol. The van der Waals surface area contributed by atoms with E-state index in [1.807, 2.05) is 51.6 Å². The van der Waals surface area contributed by atoms with Crippen LogP contribution in [0.2, 0.25) is 0 Å². The van der Waals surface area contributed by atoms with E-state index in [2.05, 4.69) is 49.7 Å². The lowest BCUT2D eigenvalue weighted by Gasteiger charge is -2.08. The predicted octanol–water partition coefficient (Wildman–Crippen LogP) is 7.78. The quantitative estimate of drug-likeness (QED) is 0.242. The van der Waals surface area contributed by atoms with Crippen molar-refractivity contribution in [3.05, 3.63) is 95.4 Å². The van der Waals surface area contributed by atoms with Gasteiger partial charge in [0.1, 0.15) is 5.75 Å². The number of nitrogens with zero attached hydrogens (tertiary/aromatic N) is 1. The molecule has 3 heteroatoms. The molecule has 1 radical (unpaired) electrons. The highest BCUT2D eigenvalue weighted by atomic mass is 16.5. The van der Waals surface area contributed by atoms with Crippen molar-refractivity contribution in [1.82, 2.24) is 0 Å². The molecule has 0 N–H and O–H groups in total. The smallest absolute Gasteiger partial charge is 0.159 e. The summed E-state index contributed by atoms with van der Waals surface area (Å²) in [6, 6.07) is 12.1. The third kappa shape index (κ3) is 7.96. The predicted molar refractivity (Wildman–Crippen MR) is 140 cm³/mol. The van der Waals surface area contributed by atoms with Crippen LogP contribution in [-0.4, -0.2) is 25.7 Å².